The predicted octanol–water partition coefficient (Wildman–Crippen LogP) is 2.57. The minimum absolute atomic E-state index is 0.0969. The second kappa shape index (κ2) is 3.77. The standard InChI is InChI=1S/C14H13NO2/c1-15-7-6-10-4-5-11(9-12(10)14(15)16)13-3-2-8-17-13/h2-5,8-9H,6-7H2,1H3. The monoisotopic (exact) mass is 227 g/mol. The van der Waals surface area contributed by atoms with Gasteiger partial charge in [-0.25, -0.2) is 0 Å². The summed E-state index contributed by atoms with van der Waals surface area (Å²) in [6.07, 6.45) is 2.57. The van der Waals surface area contributed by atoms with Crippen LogP contribution in [0.5, 0.6) is 0 Å². The van der Waals surface area contributed by atoms with Crippen molar-refractivity contribution in [1.82, 2.24) is 4.90 Å². The number of rotatable bonds is 1. The molecule has 0 unspecified atom stereocenters. The fraction of sp³-hybridized carbons (Fsp3) is 0.214. The molecule has 1 aromatic heterocycles. The van der Waals surface area contributed by atoms with Crippen LogP contribution in [-0.4, -0.2) is 24.4 Å². The first kappa shape index (κ1) is 10.1. The molecule has 0 atom stereocenters. The number of amides is 1. The lowest BCUT2D eigenvalue weighted by Crippen LogP contribution is -2.34. The number of furan rings is 1. The van der Waals surface area contributed by atoms with Gasteiger partial charge in [0, 0.05) is 24.7 Å². The van der Waals surface area contributed by atoms with Crippen molar-refractivity contribution in [2.24, 2.45) is 0 Å². The molecule has 3 heteroatoms. The molecular formula is C14H13NO2. The van der Waals surface area contributed by atoms with E-state index in [0.29, 0.717) is 0 Å². The van der Waals surface area contributed by atoms with E-state index in [9.17, 15) is 4.79 Å². The van der Waals surface area contributed by atoms with E-state index in [4.69, 9.17) is 4.42 Å². The van der Waals surface area contributed by atoms with E-state index in [1.165, 1.54) is 0 Å². The van der Waals surface area contributed by atoms with Crippen LogP contribution in [0.1, 0.15) is 15.9 Å². The van der Waals surface area contributed by atoms with Gasteiger partial charge < -0.3 is 9.32 Å². The number of fused-ring (bicyclic) bond motifs is 1. The minimum Gasteiger partial charge on any atom is -0.464 e. The lowest BCUT2D eigenvalue weighted by atomic mass is 9.96. The fourth-order valence-electron chi connectivity index (χ4n) is 2.18. The summed E-state index contributed by atoms with van der Waals surface area (Å²) in [5.74, 6) is 0.897. The lowest BCUT2D eigenvalue weighted by molar-refractivity contribution is 0.0781. The van der Waals surface area contributed by atoms with Gasteiger partial charge in [0.2, 0.25) is 0 Å². The van der Waals surface area contributed by atoms with Gasteiger partial charge in [0.25, 0.3) is 5.91 Å². The third-order valence-corrected chi connectivity index (χ3v) is 3.21. The fourth-order valence-corrected chi connectivity index (χ4v) is 2.18. The molecule has 3 nitrogen and oxygen atoms in total. The van der Waals surface area contributed by atoms with Crippen LogP contribution in [0, 0.1) is 0 Å². The molecular weight excluding hydrogens is 214 g/mol. The van der Waals surface area contributed by atoms with Crippen LogP contribution in [-0.2, 0) is 6.42 Å². The summed E-state index contributed by atoms with van der Waals surface area (Å²) in [7, 11) is 1.84. The molecule has 0 fully saturated rings. The topological polar surface area (TPSA) is 33.5 Å². The molecule has 0 aliphatic carbocycles. The summed E-state index contributed by atoms with van der Waals surface area (Å²) >= 11 is 0. The Bertz CT molecular complexity index is 558. The highest BCUT2D eigenvalue weighted by atomic mass is 16.3. The molecule has 0 saturated heterocycles. The van der Waals surface area contributed by atoms with Gasteiger partial charge in [-0.3, -0.25) is 4.79 Å². The third kappa shape index (κ3) is 1.64. The van der Waals surface area contributed by atoms with Crippen molar-refractivity contribution in [3.05, 3.63) is 47.7 Å². The summed E-state index contributed by atoms with van der Waals surface area (Å²) in [5, 5.41) is 0. The van der Waals surface area contributed by atoms with Gasteiger partial charge >= 0.3 is 0 Å². The highest BCUT2D eigenvalue weighted by Gasteiger charge is 2.21. The number of carbonyl (C=O) groups excluding carboxylic acids is 1. The van der Waals surface area contributed by atoms with Crippen LogP contribution >= 0.6 is 0 Å². The highest BCUT2D eigenvalue weighted by Crippen LogP contribution is 2.26. The Labute approximate surface area is 99.7 Å². The van der Waals surface area contributed by atoms with Crippen LogP contribution in [0.2, 0.25) is 0 Å². The van der Waals surface area contributed by atoms with Crippen LogP contribution in [0.3, 0.4) is 0 Å². The number of likely N-dealkylation sites (N-methyl/N-ethyl adjacent to an activating group) is 1. The largest absolute Gasteiger partial charge is 0.464 e. The highest BCUT2D eigenvalue weighted by molar-refractivity contribution is 5.97. The second-order valence-corrected chi connectivity index (χ2v) is 4.33. The molecule has 0 radical (unpaired) electrons. The van der Waals surface area contributed by atoms with Crippen molar-refractivity contribution in [3.63, 3.8) is 0 Å². The van der Waals surface area contributed by atoms with E-state index in [-0.39, 0.29) is 5.91 Å². The van der Waals surface area contributed by atoms with Crippen LogP contribution in [0.15, 0.2) is 41.0 Å². The molecule has 2 aromatic rings. The molecule has 0 spiro atoms. The van der Waals surface area contributed by atoms with Gasteiger partial charge in [0.15, 0.2) is 0 Å². The normalized spacial score (nSPS) is 14.9. The number of nitrogens with zero attached hydrogens (tertiary/aromatic N) is 1. The van der Waals surface area contributed by atoms with Gasteiger partial charge in [0.1, 0.15) is 5.76 Å². The Morgan fingerprint density at radius 1 is 1.29 bits per heavy atom. The van der Waals surface area contributed by atoms with Crippen molar-refractivity contribution in [2.75, 3.05) is 13.6 Å². The molecule has 1 aliphatic rings. The molecule has 2 heterocycles. The van der Waals surface area contributed by atoms with E-state index in [2.05, 4.69) is 0 Å². The average Bonchev–Trinajstić information content (AvgIpc) is 2.87. The molecule has 0 N–H and O–H groups in total. The van der Waals surface area contributed by atoms with Crippen LogP contribution in [0.4, 0.5) is 0 Å². The van der Waals surface area contributed by atoms with E-state index >= 15 is 0 Å². The lowest BCUT2D eigenvalue weighted by Gasteiger charge is -2.24. The van der Waals surface area contributed by atoms with Crippen molar-refractivity contribution < 1.29 is 9.21 Å². The Morgan fingerprint density at radius 3 is 2.94 bits per heavy atom. The van der Waals surface area contributed by atoms with Gasteiger partial charge in [-0.05, 0) is 30.2 Å². The quantitative estimate of drug-likeness (QED) is 0.750. The Hall–Kier alpha value is -2.03. The molecule has 86 valence electrons. The van der Waals surface area contributed by atoms with Gasteiger partial charge in [-0.2, -0.15) is 0 Å². The maximum atomic E-state index is 12.0. The van der Waals surface area contributed by atoms with Crippen LogP contribution < -0.4 is 0 Å². The first-order valence-electron chi connectivity index (χ1n) is 5.68. The van der Waals surface area contributed by atoms with Crippen molar-refractivity contribution in [1.29, 1.82) is 0 Å². The first-order valence-corrected chi connectivity index (χ1v) is 5.68. The summed E-state index contributed by atoms with van der Waals surface area (Å²) in [6.45, 7) is 0.798. The zero-order valence-corrected chi connectivity index (χ0v) is 9.64. The van der Waals surface area contributed by atoms with Crippen molar-refractivity contribution >= 4 is 5.91 Å². The average molecular weight is 227 g/mol. The number of benzene rings is 1. The molecule has 1 amide bonds. The number of hydrogen-bond donors (Lipinski definition) is 0. The Balaban J connectivity index is 2.09. The minimum atomic E-state index is 0.0969. The van der Waals surface area contributed by atoms with E-state index in [0.717, 1.165) is 35.4 Å². The number of hydrogen-bond acceptors (Lipinski definition) is 2. The second-order valence-electron chi connectivity index (χ2n) is 4.33. The van der Waals surface area contributed by atoms with E-state index < -0.39 is 0 Å². The molecule has 17 heavy (non-hydrogen) atoms. The number of carbonyl (C=O) groups is 1. The zero-order chi connectivity index (χ0) is 11.8. The zero-order valence-electron chi connectivity index (χ0n) is 9.64. The van der Waals surface area contributed by atoms with Crippen molar-refractivity contribution in [3.8, 4) is 11.3 Å². The maximum Gasteiger partial charge on any atom is 0.253 e. The smallest absolute Gasteiger partial charge is 0.253 e. The maximum absolute atomic E-state index is 12.0. The molecule has 0 saturated carbocycles. The Kier molecular flexibility index (Phi) is 2.25. The SMILES string of the molecule is CN1CCc2ccc(-c3ccco3)cc2C1=O. The molecule has 1 aliphatic heterocycles. The summed E-state index contributed by atoms with van der Waals surface area (Å²) in [6, 6.07) is 9.71. The molecule has 0 bridgehead atoms. The summed E-state index contributed by atoms with van der Waals surface area (Å²) in [4.78, 5) is 13.8. The van der Waals surface area contributed by atoms with E-state index in [1.54, 1.807) is 11.2 Å². The van der Waals surface area contributed by atoms with Crippen LogP contribution in [0.25, 0.3) is 11.3 Å². The predicted molar refractivity (Wildman–Crippen MR) is 64.8 cm³/mol. The molecule has 1 aromatic carbocycles. The Morgan fingerprint density at radius 2 is 2.18 bits per heavy atom. The third-order valence-electron chi connectivity index (χ3n) is 3.21. The van der Waals surface area contributed by atoms with E-state index in [1.807, 2.05) is 37.4 Å². The molecule has 3 rings (SSSR count). The van der Waals surface area contributed by atoms with Gasteiger partial charge in [-0.15, -0.1) is 0 Å². The summed E-state index contributed by atoms with van der Waals surface area (Å²) < 4.78 is 5.35. The summed E-state index contributed by atoms with van der Waals surface area (Å²) in [5.41, 5.74) is 2.88. The first-order chi connectivity index (χ1) is 8.25. The van der Waals surface area contributed by atoms with Gasteiger partial charge in [-0.1, -0.05) is 12.1 Å². The van der Waals surface area contributed by atoms with Gasteiger partial charge in [0.05, 0.1) is 6.26 Å². The van der Waals surface area contributed by atoms with Crippen molar-refractivity contribution in [2.45, 2.75) is 6.42 Å².